The Morgan fingerprint density at radius 2 is 1.76 bits per heavy atom. The normalized spacial score (nSPS) is 19.6. The number of benzene rings is 2. The molecule has 2 aromatic rings. The summed E-state index contributed by atoms with van der Waals surface area (Å²) in [6, 6.07) is 14.6. The van der Waals surface area contributed by atoms with Crippen LogP contribution in [0.15, 0.2) is 53.4 Å². The van der Waals surface area contributed by atoms with Crippen LogP contribution in [0, 0.1) is 12.8 Å². The van der Waals surface area contributed by atoms with Gasteiger partial charge in [-0.2, -0.15) is 4.31 Å². The lowest BCUT2D eigenvalue weighted by Crippen LogP contribution is -2.45. The average molecular weight is 470 g/mol. The van der Waals surface area contributed by atoms with E-state index in [2.05, 4.69) is 5.32 Å². The minimum atomic E-state index is -3.62. The second kappa shape index (κ2) is 10.1. The Morgan fingerprint density at radius 1 is 1.03 bits per heavy atom. The van der Waals surface area contributed by atoms with Crippen molar-refractivity contribution in [2.45, 2.75) is 50.6 Å². The molecule has 176 valence electrons. The fourth-order valence-electron chi connectivity index (χ4n) is 4.52. The molecule has 2 heterocycles. The van der Waals surface area contributed by atoms with Gasteiger partial charge in [0.15, 0.2) is 0 Å². The quantitative estimate of drug-likeness (QED) is 0.676. The SMILES string of the molecule is Cc1ccc(S(=O)(=O)N2CCC[C@@H](C(=O)NCc3ccccc3CN3CCCC3=O)C2)cc1. The van der Waals surface area contributed by atoms with Crippen LogP contribution in [0.4, 0.5) is 0 Å². The maximum Gasteiger partial charge on any atom is 0.243 e. The molecule has 2 saturated heterocycles. The third kappa shape index (κ3) is 5.45. The summed E-state index contributed by atoms with van der Waals surface area (Å²) in [5.74, 6) is -0.344. The van der Waals surface area contributed by atoms with E-state index < -0.39 is 10.0 Å². The van der Waals surface area contributed by atoms with Crippen molar-refractivity contribution in [3.05, 3.63) is 65.2 Å². The molecule has 0 saturated carbocycles. The summed E-state index contributed by atoms with van der Waals surface area (Å²) in [6.45, 7) is 4.21. The summed E-state index contributed by atoms with van der Waals surface area (Å²) in [6.07, 6.45) is 2.80. The molecule has 2 amide bonds. The van der Waals surface area contributed by atoms with Crippen molar-refractivity contribution in [1.29, 1.82) is 0 Å². The van der Waals surface area contributed by atoms with Gasteiger partial charge in [0.1, 0.15) is 0 Å². The molecule has 2 aliphatic rings. The van der Waals surface area contributed by atoms with Crippen LogP contribution in [0.25, 0.3) is 0 Å². The first-order chi connectivity index (χ1) is 15.8. The highest BCUT2D eigenvalue weighted by molar-refractivity contribution is 7.89. The van der Waals surface area contributed by atoms with Gasteiger partial charge in [-0.3, -0.25) is 9.59 Å². The third-order valence-corrected chi connectivity index (χ3v) is 8.40. The number of carbonyl (C=O) groups is 2. The molecule has 0 radical (unpaired) electrons. The van der Waals surface area contributed by atoms with Gasteiger partial charge in [0.05, 0.1) is 10.8 Å². The lowest BCUT2D eigenvalue weighted by Gasteiger charge is -2.31. The van der Waals surface area contributed by atoms with Crippen LogP contribution in [0.1, 0.15) is 42.4 Å². The summed E-state index contributed by atoms with van der Waals surface area (Å²) in [5.41, 5.74) is 3.00. The minimum Gasteiger partial charge on any atom is -0.352 e. The highest BCUT2D eigenvalue weighted by Gasteiger charge is 2.33. The van der Waals surface area contributed by atoms with E-state index in [-0.39, 0.29) is 29.2 Å². The first-order valence-corrected chi connectivity index (χ1v) is 13.0. The molecule has 1 atom stereocenters. The first kappa shape index (κ1) is 23.4. The second-order valence-corrected chi connectivity index (χ2v) is 10.9. The largest absolute Gasteiger partial charge is 0.352 e. The molecule has 1 N–H and O–H groups in total. The number of likely N-dealkylation sites (tertiary alicyclic amines) is 1. The fraction of sp³-hybridized carbons (Fsp3) is 0.440. The van der Waals surface area contributed by atoms with E-state index in [4.69, 9.17) is 0 Å². The van der Waals surface area contributed by atoms with Gasteiger partial charge in [-0.1, -0.05) is 42.0 Å². The Labute approximate surface area is 195 Å². The number of piperidine rings is 1. The van der Waals surface area contributed by atoms with E-state index in [1.54, 1.807) is 24.3 Å². The minimum absolute atomic E-state index is 0.133. The van der Waals surface area contributed by atoms with Gasteiger partial charge in [0.25, 0.3) is 0 Å². The predicted molar refractivity (Wildman–Crippen MR) is 126 cm³/mol. The van der Waals surface area contributed by atoms with Crippen molar-refractivity contribution in [2.75, 3.05) is 19.6 Å². The smallest absolute Gasteiger partial charge is 0.243 e. The highest BCUT2D eigenvalue weighted by Crippen LogP contribution is 2.24. The summed E-state index contributed by atoms with van der Waals surface area (Å²) in [5, 5.41) is 3.00. The molecule has 0 spiro atoms. The van der Waals surface area contributed by atoms with Gasteiger partial charge in [0, 0.05) is 39.1 Å². The zero-order valence-electron chi connectivity index (χ0n) is 19.0. The molecule has 8 heteroatoms. The number of hydrogen-bond donors (Lipinski definition) is 1. The Balaban J connectivity index is 1.38. The van der Waals surface area contributed by atoms with Gasteiger partial charge in [-0.15, -0.1) is 0 Å². The van der Waals surface area contributed by atoms with Crippen LogP contribution in [-0.4, -0.2) is 49.1 Å². The highest BCUT2D eigenvalue weighted by atomic mass is 32.2. The Morgan fingerprint density at radius 3 is 2.45 bits per heavy atom. The number of rotatable bonds is 7. The van der Waals surface area contributed by atoms with Crippen LogP contribution in [0.5, 0.6) is 0 Å². The number of nitrogens with one attached hydrogen (secondary N) is 1. The second-order valence-electron chi connectivity index (χ2n) is 8.92. The molecule has 0 bridgehead atoms. The average Bonchev–Trinajstić information content (AvgIpc) is 3.23. The van der Waals surface area contributed by atoms with Gasteiger partial charge < -0.3 is 10.2 Å². The molecule has 7 nitrogen and oxygen atoms in total. The molecule has 33 heavy (non-hydrogen) atoms. The fourth-order valence-corrected chi connectivity index (χ4v) is 6.05. The van der Waals surface area contributed by atoms with E-state index in [1.165, 1.54) is 4.31 Å². The number of carbonyl (C=O) groups excluding carboxylic acids is 2. The van der Waals surface area contributed by atoms with Gasteiger partial charge in [-0.25, -0.2) is 8.42 Å². The Kier molecular flexibility index (Phi) is 7.14. The van der Waals surface area contributed by atoms with Crippen LogP contribution >= 0.6 is 0 Å². The predicted octanol–water partition coefficient (Wildman–Crippen LogP) is 2.83. The van der Waals surface area contributed by atoms with E-state index in [9.17, 15) is 18.0 Å². The van der Waals surface area contributed by atoms with E-state index in [1.807, 2.05) is 36.1 Å². The maximum atomic E-state index is 13.0. The van der Waals surface area contributed by atoms with Crippen molar-refractivity contribution in [2.24, 2.45) is 5.92 Å². The molecule has 2 fully saturated rings. The third-order valence-electron chi connectivity index (χ3n) is 6.52. The number of aryl methyl sites for hydroxylation is 1. The summed E-state index contributed by atoms with van der Waals surface area (Å²) < 4.78 is 27.5. The molecule has 0 unspecified atom stereocenters. The number of hydrogen-bond acceptors (Lipinski definition) is 4. The van der Waals surface area contributed by atoms with Gasteiger partial charge in [0.2, 0.25) is 21.8 Å². The van der Waals surface area contributed by atoms with Crippen LogP contribution < -0.4 is 5.32 Å². The number of nitrogens with zero attached hydrogens (tertiary/aromatic N) is 2. The van der Waals surface area contributed by atoms with Crippen LogP contribution in [-0.2, 0) is 32.7 Å². The molecule has 2 aromatic carbocycles. The molecule has 2 aliphatic heterocycles. The lowest BCUT2D eigenvalue weighted by atomic mass is 9.98. The summed E-state index contributed by atoms with van der Waals surface area (Å²) in [7, 11) is -3.62. The van der Waals surface area contributed by atoms with E-state index in [0.29, 0.717) is 38.9 Å². The van der Waals surface area contributed by atoms with Gasteiger partial charge >= 0.3 is 0 Å². The molecular weight excluding hydrogens is 438 g/mol. The molecular formula is C25H31N3O4S. The molecule has 0 aliphatic carbocycles. The zero-order valence-corrected chi connectivity index (χ0v) is 19.8. The van der Waals surface area contributed by atoms with Crippen molar-refractivity contribution < 1.29 is 18.0 Å². The molecule has 0 aromatic heterocycles. The number of sulfonamides is 1. The maximum absolute atomic E-state index is 13.0. The van der Waals surface area contributed by atoms with Crippen molar-refractivity contribution in [3.8, 4) is 0 Å². The van der Waals surface area contributed by atoms with Crippen molar-refractivity contribution in [1.82, 2.24) is 14.5 Å². The van der Waals surface area contributed by atoms with Crippen LogP contribution in [0.3, 0.4) is 0 Å². The Bertz CT molecular complexity index is 1110. The van der Waals surface area contributed by atoms with Crippen molar-refractivity contribution >= 4 is 21.8 Å². The Hall–Kier alpha value is -2.71. The standard InChI is InChI=1S/C25H31N3O4S/c1-19-10-12-23(13-11-19)33(31,32)28-15-4-8-22(18-28)25(30)26-16-20-6-2-3-7-21(20)17-27-14-5-9-24(27)29/h2-3,6-7,10-13,22H,4-5,8-9,14-18H2,1H3,(H,26,30)/t22-/m1/s1. The monoisotopic (exact) mass is 469 g/mol. The zero-order chi connectivity index (χ0) is 23.4. The van der Waals surface area contributed by atoms with Crippen LogP contribution in [0.2, 0.25) is 0 Å². The summed E-state index contributed by atoms with van der Waals surface area (Å²) >= 11 is 0. The van der Waals surface area contributed by atoms with Crippen molar-refractivity contribution in [3.63, 3.8) is 0 Å². The topological polar surface area (TPSA) is 86.8 Å². The van der Waals surface area contributed by atoms with Gasteiger partial charge in [-0.05, 0) is 49.4 Å². The lowest BCUT2D eigenvalue weighted by molar-refractivity contribution is -0.128. The van der Waals surface area contributed by atoms with E-state index in [0.717, 1.165) is 29.7 Å². The number of amides is 2. The first-order valence-electron chi connectivity index (χ1n) is 11.5. The molecule has 4 rings (SSSR count). The van der Waals surface area contributed by atoms with E-state index >= 15 is 0 Å². The summed E-state index contributed by atoms with van der Waals surface area (Å²) in [4.78, 5) is 27.1.